The molecular weight excluding hydrogens is 236 g/mol. The van der Waals surface area contributed by atoms with Gasteiger partial charge in [0.25, 0.3) is 0 Å². The first-order valence-electron chi connectivity index (χ1n) is 6.20. The van der Waals surface area contributed by atoms with E-state index >= 15 is 0 Å². The van der Waals surface area contributed by atoms with E-state index in [9.17, 15) is 5.11 Å². The first kappa shape index (κ1) is 11.8. The lowest BCUT2D eigenvalue weighted by molar-refractivity contribution is 0.216. The Morgan fingerprint density at radius 1 is 0.947 bits per heavy atom. The van der Waals surface area contributed by atoms with Gasteiger partial charge in [-0.05, 0) is 23.3 Å². The highest BCUT2D eigenvalue weighted by Crippen LogP contribution is 2.27. The van der Waals surface area contributed by atoms with Gasteiger partial charge in [0.05, 0.1) is 17.6 Å². The van der Waals surface area contributed by atoms with E-state index in [1.165, 1.54) is 0 Å². The number of aliphatic hydroxyl groups excluding tert-OH is 1. The molecule has 1 aromatic heterocycles. The number of benzene rings is 2. The molecule has 3 heteroatoms. The molecule has 0 saturated carbocycles. The van der Waals surface area contributed by atoms with Crippen LogP contribution in [0.25, 0.3) is 10.8 Å². The minimum Gasteiger partial charge on any atom is -0.382 e. The predicted octanol–water partition coefficient (Wildman–Crippen LogP) is 3.02. The lowest BCUT2D eigenvalue weighted by atomic mass is 9.99. The molecule has 0 spiro atoms. The van der Waals surface area contributed by atoms with Crippen molar-refractivity contribution in [3.05, 3.63) is 71.8 Å². The third kappa shape index (κ3) is 2.20. The summed E-state index contributed by atoms with van der Waals surface area (Å²) >= 11 is 0. The molecule has 0 aliphatic heterocycles. The SMILES string of the molecule is Cc1cnc(C(O)c2cccc3ccccc23)cn1. The van der Waals surface area contributed by atoms with Crippen molar-refractivity contribution in [3.63, 3.8) is 0 Å². The topological polar surface area (TPSA) is 46.0 Å². The zero-order valence-corrected chi connectivity index (χ0v) is 10.6. The van der Waals surface area contributed by atoms with E-state index in [0.717, 1.165) is 22.0 Å². The number of nitrogens with zero attached hydrogens (tertiary/aromatic N) is 2. The van der Waals surface area contributed by atoms with Crippen molar-refractivity contribution < 1.29 is 5.11 Å². The predicted molar refractivity (Wildman–Crippen MR) is 74.8 cm³/mol. The van der Waals surface area contributed by atoms with Crippen molar-refractivity contribution >= 4 is 10.8 Å². The Morgan fingerprint density at radius 2 is 1.74 bits per heavy atom. The fraction of sp³-hybridized carbons (Fsp3) is 0.125. The molecule has 1 heterocycles. The van der Waals surface area contributed by atoms with Gasteiger partial charge in [0.2, 0.25) is 0 Å². The maximum Gasteiger partial charge on any atom is 0.123 e. The Hall–Kier alpha value is -2.26. The molecule has 0 bridgehead atoms. The molecule has 0 aliphatic carbocycles. The van der Waals surface area contributed by atoms with Gasteiger partial charge in [0.1, 0.15) is 6.10 Å². The standard InChI is InChI=1S/C16H14N2O/c1-11-9-18-15(10-17-11)16(19)14-8-4-6-12-5-2-3-7-13(12)14/h2-10,16,19H,1H3. The molecule has 0 saturated heterocycles. The van der Waals surface area contributed by atoms with Crippen LogP contribution in [0, 0.1) is 6.92 Å². The van der Waals surface area contributed by atoms with Crippen LogP contribution in [-0.2, 0) is 0 Å². The highest BCUT2D eigenvalue weighted by atomic mass is 16.3. The summed E-state index contributed by atoms with van der Waals surface area (Å²) in [5.41, 5.74) is 2.27. The summed E-state index contributed by atoms with van der Waals surface area (Å²) in [6.07, 6.45) is 2.55. The van der Waals surface area contributed by atoms with Crippen molar-refractivity contribution in [3.8, 4) is 0 Å². The van der Waals surface area contributed by atoms with Gasteiger partial charge in [0, 0.05) is 6.20 Å². The van der Waals surface area contributed by atoms with Crippen molar-refractivity contribution in [2.24, 2.45) is 0 Å². The van der Waals surface area contributed by atoms with Crippen LogP contribution in [0.15, 0.2) is 54.9 Å². The van der Waals surface area contributed by atoms with Crippen molar-refractivity contribution in [1.82, 2.24) is 9.97 Å². The van der Waals surface area contributed by atoms with Crippen LogP contribution < -0.4 is 0 Å². The second-order valence-corrected chi connectivity index (χ2v) is 4.55. The van der Waals surface area contributed by atoms with Crippen LogP contribution in [-0.4, -0.2) is 15.1 Å². The number of aryl methyl sites for hydroxylation is 1. The van der Waals surface area contributed by atoms with Gasteiger partial charge in [-0.2, -0.15) is 0 Å². The van der Waals surface area contributed by atoms with Gasteiger partial charge in [-0.15, -0.1) is 0 Å². The smallest absolute Gasteiger partial charge is 0.123 e. The van der Waals surface area contributed by atoms with Gasteiger partial charge >= 0.3 is 0 Å². The largest absolute Gasteiger partial charge is 0.382 e. The zero-order chi connectivity index (χ0) is 13.2. The Balaban J connectivity index is 2.11. The van der Waals surface area contributed by atoms with E-state index in [4.69, 9.17) is 0 Å². The van der Waals surface area contributed by atoms with Crippen molar-refractivity contribution in [2.45, 2.75) is 13.0 Å². The van der Waals surface area contributed by atoms with E-state index in [0.29, 0.717) is 5.69 Å². The number of aromatic nitrogens is 2. The van der Waals surface area contributed by atoms with Gasteiger partial charge < -0.3 is 5.11 Å². The lowest BCUT2D eigenvalue weighted by Crippen LogP contribution is -2.04. The molecule has 0 radical (unpaired) electrons. The average Bonchev–Trinajstić information content (AvgIpc) is 2.47. The van der Waals surface area contributed by atoms with E-state index < -0.39 is 6.10 Å². The summed E-state index contributed by atoms with van der Waals surface area (Å²) in [7, 11) is 0. The summed E-state index contributed by atoms with van der Waals surface area (Å²) in [6, 6.07) is 13.9. The minimum atomic E-state index is -0.751. The second-order valence-electron chi connectivity index (χ2n) is 4.55. The third-order valence-corrected chi connectivity index (χ3v) is 3.20. The molecule has 1 unspecified atom stereocenters. The van der Waals surface area contributed by atoms with Crippen LogP contribution in [0.5, 0.6) is 0 Å². The average molecular weight is 250 g/mol. The summed E-state index contributed by atoms with van der Waals surface area (Å²) in [5.74, 6) is 0. The number of fused-ring (bicyclic) bond motifs is 1. The van der Waals surface area contributed by atoms with Crippen LogP contribution in [0.3, 0.4) is 0 Å². The molecule has 2 aromatic carbocycles. The highest BCUT2D eigenvalue weighted by Gasteiger charge is 2.14. The van der Waals surface area contributed by atoms with Crippen LogP contribution >= 0.6 is 0 Å². The number of rotatable bonds is 2. The van der Waals surface area contributed by atoms with Crippen molar-refractivity contribution in [1.29, 1.82) is 0 Å². The van der Waals surface area contributed by atoms with Crippen LogP contribution in [0.4, 0.5) is 0 Å². The van der Waals surface area contributed by atoms with Gasteiger partial charge in [-0.1, -0.05) is 42.5 Å². The quantitative estimate of drug-likeness (QED) is 0.760. The minimum absolute atomic E-state index is 0.571. The number of aliphatic hydroxyl groups is 1. The summed E-state index contributed by atoms with van der Waals surface area (Å²) in [5, 5.41) is 12.6. The molecule has 1 atom stereocenters. The molecule has 19 heavy (non-hydrogen) atoms. The molecule has 3 nitrogen and oxygen atoms in total. The fourth-order valence-electron chi connectivity index (χ4n) is 2.19. The molecule has 0 aliphatic rings. The zero-order valence-electron chi connectivity index (χ0n) is 10.6. The summed E-state index contributed by atoms with van der Waals surface area (Å²) < 4.78 is 0. The Kier molecular flexibility index (Phi) is 2.97. The molecule has 3 rings (SSSR count). The first-order chi connectivity index (χ1) is 9.25. The van der Waals surface area contributed by atoms with E-state index in [1.807, 2.05) is 49.4 Å². The Morgan fingerprint density at radius 3 is 2.53 bits per heavy atom. The molecule has 94 valence electrons. The monoisotopic (exact) mass is 250 g/mol. The number of hydrogen-bond acceptors (Lipinski definition) is 3. The third-order valence-electron chi connectivity index (χ3n) is 3.20. The van der Waals surface area contributed by atoms with Gasteiger partial charge in [-0.3, -0.25) is 9.97 Å². The fourth-order valence-corrected chi connectivity index (χ4v) is 2.19. The Bertz CT molecular complexity index is 702. The maximum atomic E-state index is 10.5. The maximum absolute atomic E-state index is 10.5. The Labute approximate surface area is 111 Å². The van der Waals surface area contributed by atoms with E-state index in [-0.39, 0.29) is 0 Å². The van der Waals surface area contributed by atoms with Gasteiger partial charge in [-0.25, -0.2) is 0 Å². The molecule has 1 N–H and O–H groups in total. The first-order valence-corrected chi connectivity index (χ1v) is 6.20. The van der Waals surface area contributed by atoms with Crippen LogP contribution in [0.2, 0.25) is 0 Å². The summed E-state index contributed by atoms with van der Waals surface area (Å²) in [6.45, 7) is 1.88. The second kappa shape index (κ2) is 4.78. The number of hydrogen-bond donors (Lipinski definition) is 1. The van der Waals surface area contributed by atoms with E-state index in [2.05, 4.69) is 9.97 Å². The van der Waals surface area contributed by atoms with Gasteiger partial charge in [0.15, 0.2) is 0 Å². The molecule has 3 aromatic rings. The summed E-state index contributed by atoms with van der Waals surface area (Å²) in [4.78, 5) is 8.43. The van der Waals surface area contributed by atoms with E-state index in [1.54, 1.807) is 12.4 Å². The molecular formula is C16H14N2O. The lowest BCUT2D eigenvalue weighted by Gasteiger charge is -2.13. The normalized spacial score (nSPS) is 12.5. The van der Waals surface area contributed by atoms with Crippen molar-refractivity contribution in [2.75, 3.05) is 0 Å². The van der Waals surface area contributed by atoms with Crippen LogP contribution in [0.1, 0.15) is 23.1 Å². The highest BCUT2D eigenvalue weighted by molar-refractivity contribution is 5.86. The molecule has 0 fully saturated rings. The molecule has 0 amide bonds.